The van der Waals surface area contributed by atoms with Gasteiger partial charge >= 0.3 is 5.97 Å². The van der Waals surface area contributed by atoms with E-state index >= 15 is 0 Å². The summed E-state index contributed by atoms with van der Waals surface area (Å²) in [5, 5.41) is 11.3. The monoisotopic (exact) mass is 371 g/mol. The SMILES string of the molecule is O=C(O)[C@H]1CN(C(=O)CCc2cc(Br)cs2)C[C@@H]1C1CC1. The highest BCUT2D eigenvalue weighted by Crippen LogP contribution is 2.44. The number of carboxylic acid groups (broad SMARTS) is 1. The molecule has 2 heterocycles. The molecule has 114 valence electrons. The van der Waals surface area contributed by atoms with Crippen molar-refractivity contribution in [2.75, 3.05) is 13.1 Å². The number of thiophene rings is 1. The average Bonchev–Trinajstić information content (AvgIpc) is 3.05. The van der Waals surface area contributed by atoms with Crippen LogP contribution in [0.2, 0.25) is 0 Å². The number of aryl methyl sites for hydroxylation is 1. The van der Waals surface area contributed by atoms with Crippen LogP contribution >= 0.6 is 27.3 Å². The zero-order valence-electron chi connectivity index (χ0n) is 11.6. The fourth-order valence-corrected chi connectivity index (χ4v) is 4.62. The number of carboxylic acids is 1. The maximum Gasteiger partial charge on any atom is 0.308 e. The summed E-state index contributed by atoms with van der Waals surface area (Å²) in [5.41, 5.74) is 0. The van der Waals surface area contributed by atoms with E-state index in [1.807, 2.05) is 11.4 Å². The van der Waals surface area contributed by atoms with Gasteiger partial charge in [0, 0.05) is 34.2 Å². The van der Waals surface area contributed by atoms with Crippen LogP contribution in [-0.4, -0.2) is 35.0 Å². The smallest absolute Gasteiger partial charge is 0.308 e. The van der Waals surface area contributed by atoms with Gasteiger partial charge in [-0.1, -0.05) is 0 Å². The molecule has 0 unspecified atom stereocenters. The highest BCUT2D eigenvalue weighted by molar-refractivity contribution is 9.10. The third kappa shape index (κ3) is 3.48. The van der Waals surface area contributed by atoms with Crippen LogP contribution in [0.4, 0.5) is 0 Å². The molecule has 1 N–H and O–H groups in total. The van der Waals surface area contributed by atoms with Gasteiger partial charge in [0.2, 0.25) is 5.91 Å². The first-order chi connectivity index (χ1) is 10.0. The fourth-order valence-electron chi connectivity index (χ4n) is 3.17. The standard InChI is InChI=1S/C15H18BrNO3S/c16-10-5-11(21-8-10)3-4-14(18)17-6-12(9-1-2-9)13(7-17)15(19)20/h5,8-9,12-13H,1-4,6-7H2,(H,19,20)/t12-,13+/m1/s1. The van der Waals surface area contributed by atoms with Crippen LogP contribution in [0.3, 0.4) is 0 Å². The first-order valence-corrected chi connectivity index (χ1v) is 8.95. The van der Waals surface area contributed by atoms with Crippen LogP contribution in [0.15, 0.2) is 15.9 Å². The number of hydrogen-bond donors (Lipinski definition) is 1. The molecular formula is C15H18BrNO3S. The summed E-state index contributed by atoms with van der Waals surface area (Å²) < 4.78 is 1.05. The van der Waals surface area contributed by atoms with Gasteiger partial charge in [-0.15, -0.1) is 11.3 Å². The Bertz CT molecular complexity index is 555. The second-order valence-corrected chi connectivity index (χ2v) is 7.89. The molecule has 1 aliphatic heterocycles. The summed E-state index contributed by atoms with van der Waals surface area (Å²) in [6.07, 6.45) is 3.45. The van der Waals surface area contributed by atoms with Crippen LogP contribution in [0.1, 0.15) is 24.1 Å². The Labute approximate surface area is 136 Å². The molecule has 0 spiro atoms. The normalized spacial score (nSPS) is 25.3. The van der Waals surface area contributed by atoms with Crippen molar-refractivity contribution in [2.24, 2.45) is 17.8 Å². The first kappa shape index (κ1) is 15.0. The summed E-state index contributed by atoms with van der Waals surface area (Å²) in [6, 6.07) is 2.04. The molecule has 3 rings (SSSR count). The Balaban J connectivity index is 1.56. The van der Waals surface area contributed by atoms with Crippen LogP contribution in [0.25, 0.3) is 0 Å². The lowest BCUT2D eigenvalue weighted by molar-refractivity contribution is -0.142. The van der Waals surface area contributed by atoms with Gasteiger partial charge in [-0.05, 0) is 53.1 Å². The Kier molecular flexibility index (Phi) is 4.36. The van der Waals surface area contributed by atoms with E-state index in [2.05, 4.69) is 15.9 Å². The zero-order chi connectivity index (χ0) is 15.0. The van der Waals surface area contributed by atoms with Gasteiger partial charge in [0.25, 0.3) is 0 Å². The summed E-state index contributed by atoms with van der Waals surface area (Å²) >= 11 is 5.05. The number of amides is 1. The number of likely N-dealkylation sites (tertiary alicyclic amines) is 1. The summed E-state index contributed by atoms with van der Waals surface area (Å²) in [4.78, 5) is 26.6. The second-order valence-electron chi connectivity index (χ2n) is 5.98. The van der Waals surface area contributed by atoms with E-state index in [1.165, 1.54) is 4.88 Å². The Morgan fingerprint density at radius 3 is 2.71 bits per heavy atom. The Hall–Kier alpha value is -0.880. The molecule has 1 aromatic heterocycles. The van der Waals surface area contributed by atoms with Gasteiger partial charge in [0.1, 0.15) is 0 Å². The van der Waals surface area contributed by atoms with Crippen molar-refractivity contribution >= 4 is 39.1 Å². The molecule has 1 aromatic rings. The van der Waals surface area contributed by atoms with Gasteiger partial charge in [0.15, 0.2) is 0 Å². The van der Waals surface area contributed by atoms with E-state index < -0.39 is 5.97 Å². The molecule has 2 atom stereocenters. The van der Waals surface area contributed by atoms with E-state index in [-0.39, 0.29) is 17.7 Å². The van der Waals surface area contributed by atoms with Gasteiger partial charge in [-0.25, -0.2) is 0 Å². The molecule has 0 bridgehead atoms. The number of nitrogens with zero attached hydrogens (tertiary/aromatic N) is 1. The van der Waals surface area contributed by atoms with E-state index in [0.717, 1.165) is 23.7 Å². The minimum absolute atomic E-state index is 0.0916. The van der Waals surface area contributed by atoms with Gasteiger partial charge < -0.3 is 10.0 Å². The quantitative estimate of drug-likeness (QED) is 0.865. The lowest BCUT2D eigenvalue weighted by atomic mass is 9.92. The predicted molar refractivity (Wildman–Crippen MR) is 84.3 cm³/mol. The molecule has 4 nitrogen and oxygen atoms in total. The molecule has 1 aliphatic carbocycles. The van der Waals surface area contributed by atoms with E-state index in [1.54, 1.807) is 16.2 Å². The van der Waals surface area contributed by atoms with Crippen molar-refractivity contribution in [2.45, 2.75) is 25.7 Å². The molecule has 1 saturated heterocycles. The van der Waals surface area contributed by atoms with E-state index in [9.17, 15) is 14.7 Å². The van der Waals surface area contributed by atoms with Crippen molar-refractivity contribution in [1.29, 1.82) is 0 Å². The maximum absolute atomic E-state index is 12.3. The molecular weight excluding hydrogens is 354 g/mol. The van der Waals surface area contributed by atoms with Crippen molar-refractivity contribution in [3.63, 3.8) is 0 Å². The number of aliphatic carboxylic acids is 1. The largest absolute Gasteiger partial charge is 0.481 e. The number of carbonyl (C=O) groups is 2. The molecule has 21 heavy (non-hydrogen) atoms. The minimum Gasteiger partial charge on any atom is -0.481 e. The topological polar surface area (TPSA) is 57.6 Å². The number of halogens is 1. The van der Waals surface area contributed by atoms with E-state index in [4.69, 9.17) is 0 Å². The average molecular weight is 372 g/mol. The lowest BCUT2D eigenvalue weighted by Gasteiger charge is -2.16. The Morgan fingerprint density at radius 1 is 1.38 bits per heavy atom. The fraction of sp³-hybridized carbons (Fsp3) is 0.600. The highest BCUT2D eigenvalue weighted by Gasteiger charge is 2.46. The van der Waals surface area contributed by atoms with Gasteiger partial charge in [-0.2, -0.15) is 0 Å². The highest BCUT2D eigenvalue weighted by atomic mass is 79.9. The number of hydrogen-bond acceptors (Lipinski definition) is 3. The van der Waals surface area contributed by atoms with Crippen LogP contribution in [-0.2, 0) is 16.0 Å². The summed E-state index contributed by atoms with van der Waals surface area (Å²) in [7, 11) is 0. The Morgan fingerprint density at radius 2 is 2.14 bits per heavy atom. The second kappa shape index (κ2) is 6.08. The number of rotatable bonds is 5. The third-order valence-electron chi connectivity index (χ3n) is 4.47. The predicted octanol–water partition coefficient (Wildman–Crippen LogP) is 3.01. The third-order valence-corrected chi connectivity index (χ3v) is 6.23. The van der Waals surface area contributed by atoms with Crippen LogP contribution < -0.4 is 0 Å². The van der Waals surface area contributed by atoms with Crippen LogP contribution in [0, 0.1) is 17.8 Å². The lowest BCUT2D eigenvalue weighted by Crippen LogP contribution is -2.30. The van der Waals surface area contributed by atoms with Gasteiger partial charge in [0.05, 0.1) is 5.92 Å². The molecule has 2 aliphatic rings. The first-order valence-electron chi connectivity index (χ1n) is 7.28. The molecule has 2 fully saturated rings. The van der Waals surface area contributed by atoms with E-state index in [0.29, 0.717) is 25.4 Å². The maximum atomic E-state index is 12.3. The van der Waals surface area contributed by atoms with Gasteiger partial charge in [-0.3, -0.25) is 9.59 Å². The summed E-state index contributed by atoms with van der Waals surface area (Å²) in [6.45, 7) is 1.03. The van der Waals surface area contributed by atoms with Crippen molar-refractivity contribution in [1.82, 2.24) is 4.90 Å². The molecule has 1 amide bonds. The van der Waals surface area contributed by atoms with Crippen molar-refractivity contribution in [3.8, 4) is 0 Å². The molecule has 1 saturated carbocycles. The van der Waals surface area contributed by atoms with Crippen LogP contribution in [0.5, 0.6) is 0 Å². The minimum atomic E-state index is -0.746. The summed E-state index contributed by atoms with van der Waals surface area (Å²) in [5.74, 6) is -0.324. The number of carbonyl (C=O) groups excluding carboxylic acids is 1. The molecule has 6 heteroatoms. The molecule has 0 aromatic carbocycles. The molecule has 0 radical (unpaired) electrons. The van der Waals surface area contributed by atoms with Crippen molar-refractivity contribution in [3.05, 3.63) is 20.8 Å². The van der Waals surface area contributed by atoms with Crippen molar-refractivity contribution < 1.29 is 14.7 Å². The zero-order valence-corrected chi connectivity index (χ0v) is 14.0.